The van der Waals surface area contributed by atoms with E-state index in [0.717, 1.165) is 42.5 Å². The van der Waals surface area contributed by atoms with Crippen LogP contribution >= 0.6 is 0 Å². The molecule has 2 atom stereocenters. The first kappa shape index (κ1) is 20.5. The van der Waals surface area contributed by atoms with Crippen LogP contribution < -0.4 is 0 Å². The van der Waals surface area contributed by atoms with E-state index in [1.54, 1.807) is 0 Å². The summed E-state index contributed by atoms with van der Waals surface area (Å²) in [5, 5.41) is 1.16. The Morgan fingerprint density at radius 2 is 2.00 bits per heavy atom. The van der Waals surface area contributed by atoms with Gasteiger partial charge in [0.15, 0.2) is 0 Å². The molecule has 0 radical (unpaired) electrons. The summed E-state index contributed by atoms with van der Waals surface area (Å²) < 4.78 is 1.82. The second-order valence-corrected chi connectivity index (χ2v) is 10.1. The van der Waals surface area contributed by atoms with E-state index in [-0.39, 0.29) is 38.3 Å². The summed E-state index contributed by atoms with van der Waals surface area (Å²) in [4.78, 5) is 34.6. The zero-order valence-corrected chi connectivity index (χ0v) is 19.9. The van der Waals surface area contributed by atoms with Gasteiger partial charge in [0.25, 0.3) is 0 Å². The fourth-order valence-corrected chi connectivity index (χ4v) is 6.50. The van der Waals surface area contributed by atoms with E-state index in [1.165, 1.54) is 16.7 Å². The van der Waals surface area contributed by atoms with Crippen LogP contribution in [-0.2, 0) is 11.2 Å². The van der Waals surface area contributed by atoms with Gasteiger partial charge < -0.3 is 0 Å². The first-order chi connectivity index (χ1) is 15.0. The van der Waals surface area contributed by atoms with Crippen molar-refractivity contribution in [2.45, 2.75) is 26.3 Å². The van der Waals surface area contributed by atoms with Crippen LogP contribution in [0.1, 0.15) is 35.3 Å². The normalized spacial score (nSPS) is 20.4. The maximum absolute atomic E-state index is 13.2. The Morgan fingerprint density at radius 3 is 2.71 bits per heavy atom. The monoisotopic (exact) mass is 481 g/mol. The fourth-order valence-electron chi connectivity index (χ4n) is 5.17. The van der Waals surface area contributed by atoms with Gasteiger partial charge in [-0.3, -0.25) is 0 Å². The summed E-state index contributed by atoms with van der Waals surface area (Å²) in [5.74, 6) is 0.119. The molecule has 0 spiro atoms. The molecular formula is C25H27N3O2Se. The Hall–Kier alpha value is -2.40. The topological polar surface area (TPSA) is 45.6 Å². The van der Waals surface area contributed by atoms with Gasteiger partial charge in [-0.15, -0.1) is 0 Å². The number of hydrogen-bond donors (Lipinski definition) is 0. The van der Waals surface area contributed by atoms with Gasteiger partial charge >= 0.3 is 162 Å². The van der Waals surface area contributed by atoms with E-state index >= 15 is 0 Å². The molecule has 0 fully saturated rings. The quantitative estimate of drug-likeness (QED) is 0.540. The number of rotatable bonds is 4. The number of fused-ring (bicyclic) bond motifs is 2. The fraction of sp³-hybridized carbons (Fsp3) is 0.360. The van der Waals surface area contributed by atoms with E-state index in [9.17, 15) is 9.59 Å². The minimum absolute atomic E-state index is 0.0471. The van der Waals surface area contributed by atoms with Gasteiger partial charge in [0.1, 0.15) is 0 Å². The summed E-state index contributed by atoms with van der Waals surface area (Å²) in [7, 11) is 2.11. The molecule has 31 heavy (non-hydrogen) atoms. The van der Waals surface area contributed by atoms with Gasteiger partial charge in [0.2, 0.25) is 0 Å². The predicted octanol–water partition coefficient (Wildman–Crippen LogP) is 3.12. The molecule has 0 unspecified atom stereocenters. The summed E-state index contributed by atoms with van der Waals surface area (Å²) in [6.07, 6.45) is 5.10. The van der Waals surface area contributed by atoms with Gasteiger partial charge in [-0.25, -0.2) is 0 Å². The van der Waals surface area contributed by atoms with Crippen molar-refractivity contribution in [2.24, 2.45) is 5.92 Å². The van der Waals surface area contributed by atoms with Crippen LogP contribution in [0.25, 0.3) is 16.5 Å². The van der Waals surface area contributed by atoms with Crippen molar-refractivity contribution in [1.82, 2.24) is 14.4 Å². The number of likely N-dealkylation sites (N-methyl/N-ethyl adjacent to an activating group) is 1. The summed E-state index contributed by atoms with van der Waals surface area (Å²) in [6, 6.07) is 8.40. The summed E-state index contributed by atoms with van der Waals surface area (Å²) in [5.41, 5.74) is 5.36. The number of nitrogens with zero attached hydrogens (tertiary/aromatic N) is 3. The molecule has 0 saturated carbocycles. The first-order valence-corrected chi connectivity index (χ1v) is 12.9. The van der Waals surface area contributed by atoms with Gasteiger partial charge in [-0.1, -0.05) is 0 Å². The molecule has 160 valence electrons. The molecule has 3 aromatic rings. The van der Waals surface area contributed by atoms with E-state index in [4.69, 9.17) is 0 Å². The molecular weight excluding hydrogens is 453 g/mol. The molecule has 1 aliphatic carbocycles. The Bertz CT molecular complexity index is 1190. The predicted molar refractivity (Wildman–Crippen MR) is 125 cm³/mol. The van der Waals surface area contributed by atoms with E-state index in [1.807, 2.05) is 52.7 Å². The van der Waals surface area contributed by atoms with Crippen LogP contribution in [-0.4, -0.2) is 73.4 Å². The Balaban J connectivity index is 1.62. The molecule has 0 N–H and O–H groups in total. The Kier molecular flexibility index (Phi) is 5.25. The molecule has 5 nitrogen and oxygen atoms in total. The summed E-state index contributed by atoms with van der Waals surface area (Å²) in [6.45, 7) is 6.27. The molecule has 0 saturated heterocycles. The Morgan fingerprint density at radius 1 is 1.19 bits per heavy atom. The van der Waals surface area contributed by atoms with Gasteiger partial charge in [-0.2, -0.15) is 0 Å². The average Bonchev–Trinajstić information content (AvgIpc) is 3.44. The van der Waals surface area contributed by atoms with Crippen molar-refractivity contribution >= 4 is 42.8 Å². The van der Waals surface area contributed by atoms with Crippen molar-refractivity contribution in [1.29, 1.82) is 0 Å². The van der Waals surface area contributed by atoms with Crippen LogP contribution in [0, 0.1) is 5.92 Å². The number of carbonyl (C=O) groups excluding carboxylic acids is 2. The second kappa shape index (κ2) is 7.94. The molecule has 2 aromatic heterocycles. The first-order valence-electron chi connectivity index (χ1n) is 10.9. The zero-order chi connectivity index (χ0) is 21.7. The number of benzene rings is 1. The third kappa shape index (κ3) is 3.25. The third-order valence-electron chi connectivity index (χ3n) is 6.77. The van der Waals surface area contributed by atoms with Crippen LogP contribution in [0.3, 0.4) is 0 Å². The van der Waals surface area contributed by atoms with Crippen molar-refractivity contribution < 1.29 is 9.59 Å². The number of hydrogen-bond acceptors (Lipinski definition) is 3. The maximum atomic E-state index is 13.2. The molecule has 1 amide bonds. The summed E-state index contributed by atoms with van der Waals surface area (Å²) >= 11 is 0.283. The van der Waals surface area contributed by atoms with E-state index < -0.39 is 0 Å². The average molecular weight is 480 g/mol. The van der Waals surface area contributed by atoms with E-state index in [2.05, 4.69) is 29.0 Å². The van der Waals surface area contributed by atoms with Crippen molar-refractivity contribution in [3.05, 3.63) is 63.1 Å². The molecule has 2 aliphatic rings. The standard InChI is InChI=1S/C25H27N3O2Se/c1-4-27(5-2)24(29)18-11-20-19-7-6-8-21-23(19)17(12-22(20)26(3)13-18)14-28(21)25(30)16-9-10-31-15-16/h6-11,14-15,18,22H,4-5,12-13H2,1-3H3/t18-,22-/m1/s1. The molecule has 6 heteroatoms. The minimum atomic E-state index is -0.132. The zero-order valence-electron chi connectivity index (χ0n) is 18.2. The van der Waals surface area contributed by atoms with Gasteiger partial charge in [0, 0.05) is 13.1 Å². The van der Waals surface area contributed by atoms with Crippen LogP contribution in [0.5, 0.6) is 0 Å². The van der Waals surface area contributed by atoms with Crippen molar-refractivity contribution in [3.8, 4) is 0 Å². The molecule has 5 rings (SSSR count). The number of amides is 1. The van der Waals surface area contributed by atoms with Crippen LogP contribution in [0.15, 0.2) is 46.4 Å². The van der Waals surface area contributed by atoms with Gasteiger partial charge in [0.05, 0.1) is 0 Å². The SMILES string of the molecule is CCN(CC)C(=O)[C@@H]1C=C2c3cccc4c3c(cn4C(=O)c3cc[se]c3)C[C@H]2N(C)C1. The van der Waals surface area contributed by atoms with Crippen molar-refractivity contribution in [2.75, 3.05) is 26.7 Å². The molecule has 1 aromatic carbocycles. The number of aromatic nitrogens is 1. The number of carbonyl (C=O) groups is 2. The second-order valence-electron chi connectivity index (χ2n) is 8.44. The molecule has 3 heterocycles. The van der Waals surface area contributed by atoms with Crippen molar-refractivity contribution in [3.63, 3.8) is 0 Å². The van der Waals surface area contributed by atoms with Crippen LogP contribution in [0.2, 0.25) is 0 Å². The Labute approximate surface area is 188 Å². The van der Waals surface area contributed by atoms with E-state index in [0.29, 0.717) is 0 Å². The molecule has 1 aliphatic heterocycles. The molecule has 0 bridgehead atoms. The third-order valence-corrected chi connectivity index (χ3v) is 8.20. The van der Waals surface area contributed by atoms with Crippen LogP contribution in [0.4, 0.5) is 0 Å². The van der Waals surface area contributed by atoms with Gasteiger partial charge in [-0.05, 0) is 13.8 Å².